The highest BCUT2D eigenvalue weighted by molar-refractivity contribution is 6.31. The second kappa shape index (κ2) is 6.09. The molecule has 7 heteroatoms. The lowest BCUT2D eigenvalue weighted by molar-refractivity contribution is -0.384. The van der Waals surface area contributed by atoms with Crippen molar-refractivity contribution in [3.8, 4) is 0 Å². The number of nitrogens with one attached hydrogen (secondary N) is 1. The Hall–Kier alpha value is -1.82. The molecule has 1 saturated carbocycles. The van der Waals surface area contributed by atoms with E-state index >= 15 is 0 Å². The molecule has 0 aliphatic heterocycles. The molecule has 2 N–H and O–H groups in total. The van der Waals surface area contributed by atoms with Crippen LogP contribution in [0, 0.1) is 16.0 Å². The number of carboxylic acid groups (broad SMARTS) is 1. The highest BCUT2D eigenvalue weighted by Gasteiger charge is 2.28. The van der Waals surface area contributed by atoms with Gasteiger partial charge in [-0.2, -0.15) is 0 Å². The maximum Gasteiger partial charge on any atom is 0.306 e. The molecule has 0 amide bonds. The van der Waals surface area contributed by atoms with Gasteiger partial charge >= 0.3 is 5.97 Å². The molecule has 2 unspecified atom stereocenters. The van der Waals surface area contributed by atoms with Crippen LogP contribution in [0.1, 0.15) is 25.7 Å². The first-order valence-electron chi connectivity index (χ1n) is 6.40. The van der Waals surface area contributed by atoms with Gasteiger partial charge in [0.05, 0.1) is 10.8 Å². The van der Waals surface area contributed by atoms with Gasteiger partial charge in [0.15, 0.2) is 0 Å². The number of hydrogen-bond donors (Lipinski definition) is 2. The molecule has 1 aromatic rings. The molecule has 2 rings (SSSR count). The maximum atomic E-state index is 11.0. The number of nitrogens with zero attached hydrogens (tertiary/aromatic N) is 1. The Balaban J connectivity index is 2.15. The number of nitro benzene ring substituents is 1. The van der Waals surface area contributed by atoms with Crippen molar-refractivity contribution in [2.24, 2.45) is 5.92 Å². The molecule has 0 aromatic heterocycles. The predicted molar refractivity (Wildman–Crippen MR) is 75.1 cm³/mol. The average Bonchev–Trinajstić information content (AvgIpc) is 2.38. The Morgan fingerprint density at radius 3 is 2.85 bits per heavy atom. The smallest absolute Gasteiger partial charge is 0.306 e. The summed E-state index contributed by atoms with van der Waals surface area (Å²) in [6, 6.07) is 4.24. The molecule has 1 aliphatic rings. The topological polar surface area (TPSA) is 92.5 Å². The summed E-state index contributed by atoms with van der Waals surface area (Å²) in [6.45, 7) is 0. The molecule has 0 bridgehead atoms. The number of anilines is 1. The van der Waals surface area contributed by atoms with Gasteiger partial charge in [0.2, 0.25) is 0 Å². The number of halogens is 1. The van der Waals surface area contributed by atoms with Crippen LogP contribution in [-0.4, -0.2) is 22.0 Å². The summed E-state index contributed by atoms with van der Waals surface area (Å²) >= 11 is 5.86. The van der Waals surface area contributed by atoms with E-state index in [9.17, 15) is 14.9 Å². The number of hydrogen-bond acceptors (Lipinski definition) is 4. The molecule has 0 spiro atoms. The Morgan fingerprint density at radius 1 is 1.45 bits per heavy atom. The molecule has 108 valence electrons. The second-order valence-electron chi connectivity index (χ2n) is 4.96. The average molecular weight is 299 g/mol. The minimum Gasteiger partial charge on any atom is -0.481 e. The maximum absolute atomic E-state index is 11.0. The van der Waals surface area contributed by atoms with Crippen LogP contribution in [0.3, 0.4) is 0 Å². The van der Waals surface area contributed by atoms with Gasteiger partial charge in [-0.25, -0.2) is 0 Å². The van der Waals surface area contributed by atoms with Crippen molar-refractivity contribution in [3.05, 3.63) is 33.3 Å². The minimum atomic E-state index is -0.808. The van der Waals surface area contributed by atoms with Crippen LogP contribution in [-0.2, 0) is 4.79 Å². The van der Waals surface area contributed by atoms with Gasteiger partial charge in [0, 0.05) is 17.1 Å². The zero-order valence-electron chi connectivity index (χ0n) is 10.7. The summed E-state index contributed by atoms with van der Waals surface area (Å²) in [5, 5.41) is 23.5. The van der Waals surface area contributed by atoms with E-state index in [1.165, 1.54) is 18.2 Å². The van der Waals surface area contributed by atoms with E-state index in [4.69, 9.17) is 16.7 Å². The van der Waals surface area contributed by atoms with Crippen molar-refractivity contribution >= 4 is 28.9 Å². The summed E-state index contributed by atoms with van der Waals surface area (Å²) in [7, 11) is 0. The first kappa shape index (κ1) is 14.6. The van der Waals surface area contributed by atoms with Crippen molar-refractivity contribution < 1.29 is 14.8 Å². The van der Waals surface area contributed by atoms with E-state index in [0.717, 1.165) is 12.8 Å². The van der Waals surface area contributed by atoms with Crippen LogP contribution < -0.4 is 5.32 Å². The highest BCUT2D eigenvalue weighted by Crippen LogP contribution is 2.32. The SMILES string of the molecule is O=C(O)C1CCCC(Nc2cc(Cl)ccc2[N+](=O)[O-])C1. The number of nitro groups is 1. The van der Waals surface area contributed by atoms with E-state index in [-0.39, 0.29) is 17.6 Å². The molecule has 0 saturated heterocycles. The van der Waals surface area contributed by atoms with Gasteiger partial charge in [0.25, 0.3) is 5.69 Å². The lowest BCUT2D eigenvalue weighted by Gasteiger charge is -2.28. The van der Waals surface area contributed by atoms with Crippen molar-refractivity contribution in [2.75, 3.05) is 5.32 Å². The van der Waals surface area contributed by atoms with E-state index in [2.05, 4.69) is 5.32 Å². The molecule has 20 heavy (non-hydrogen) atoms. The Morgan fingerprint density at radius 2 is 2.20 bits per heavy atom. The van der Waals surface area contributed by atoms with Gasteiger partial charge in [-0.05, 0) is 31.4 Å². The lowest BCUT2D eigenvalue weighted by Crippen LogP contribution is -2.31. The molecule has 6 nitrogen and oxygen atoms in total. The minimum absolute atomic E-state index is 0.0492. The van der Waals surface area contributed by atoms with Gasteiger partial charge in [0.1, 0.15) is 5.69 Å². The zero-order chi connectivity index (χ0) is 14.7. The fourth-order valence-corrected chi connectivity index (χ4v) is 2.72. The first-order valence-corrected chi connectivity index (χ1v) is 6.78. The van der Waals surface area contributed by atoms with Crippen molar-refractivity contribution in [3.63, 3.8) is 0 Å². The van der Waals surface area contributed by atoms with Gasteiger partial charge in [-0.3, -0.25) is 14.9 Å². The van der Waals surface area contributed by atoms with Crippen LogP contribution in [0.25, 0.3) is 0 Å². The molecular formula is C13H15ClN2O4. The van der Waals surface area contributed by atoms with Crippen molar-refractivity contribution in [1.82, 2.24) is 0 Å². The summed E-state index contributed by atoms with van der Waals surface area (Å²) in [6.07, 6.45) is 2.72. The molecule has 0 radical (unpaired) electrons. The lowest BCUT2D eigenvalue weighted by atomic mass is 9.85. The standard InChI is InChI=1S/C13H15ClN2O4/c14-9-4-5-12(16(19)20)11(7-9)15-10-3-1-2-8(6-10)13(17)18/h4-5,7-8,10,15H,1-3,6H2,(H,17,18). The molecule has 1 aliphatic carbocycles. The van der Waals surface area contributed by atoms with Crippen LogP contribution in [0.5, 0.6) is 0 Å². The van der Waals surface area contributed by atoms with Crippen molar-refractivity contribution in [1.29, 1.82) is 0 Å². The van der Waals surface area contributed by atoms with E-state index in [1.54, 1.807) is 0 Å². The highest BCUT2D eigenvalue weighted by atomic mass is 35.5. The Labute approximate surface area is 120 Å². The van der Waals surface area contributed by atoms with E-state index in [1.807, 2.05) is 0 Å². The monoisotopic (exact) mass is 298 g/mol. The Kier molecular flexibility index (Phi) is 4.44. The second-order valence-corrected chi connectivity index (χ2v) is 5.40. The number of carboxylic acids is 1. The summed E-state index contributed by atoms with van der Waals surface area (Å²) < 4.78 is 0. The van der Waals surface area contributed by atoms with Crippen LogP contribution in [0.4, 0.5) is 11.4 Å². The van der Waals surface area contributed by atoms with Gasteiger partial charge < -0.3 is 10.4 Å². The van der Waals surface area contributed by atoms with Crippen LogP contribution in [0.2, 0.25) is 5.02 Å². The fourth-order valence-electron chi connectivity index (χ4n) is 2.55. The normalized spacial score (nSPS) is 22.2. The third-order valence-electron chi connectivity index (χ3n) is 3.54. The first-order chi connectivity index (χ1) is 9.47. The quantitative estimate of drug-likeness (QED) is 0.657. The number of rotatable bonds is 4. The largest absolute Gasteiger partial charge is 0.481 e. The molecule has 1 aromatic carbocycles. The predicted octanol–water partition coefficient (Wildman–Crippen LogP) is 3.30. The van der Waals surface area contributed by atoms with Gasteiger partial charge in [-0.15, -0.1) is 0 Å². The van der Waals surface area contributed by atoms with E-state index in [0.29, 0.717) is 23.6 Å². The number of aliphatic carboxylic acids is 1. The fraction of sp³-hybridized carbons (Fsp3) is 0.462. The van der Waals surface area contributed by atoms with Crippen LogP contribution >= 0.6 is 11.6 Å². The summed E-state index contributed by atoms with van der Waals surface area (Å²) in [4.78, 5) is 21.5. The molecule has 0 heterocycles. The van der Waals surface area contributed by atoms with Gasteiger partial charge in [-0.1, -0.05) is 18.0 Å². The Bertz CT molecular complexity index is 535. The zero-order valence-corrected chi connectivity index (χ0v) is 11.5. The molecular weight excluding hydrogens is 284 g/mol. The number of benzene rings is 1. The third kappa shape index (κ3) is 3.39. The van der Waals surface area contributed by atoms with Crippen molar-refractivity contribution in [2.45, 2.75) is 31.7 Å². The molecule has 1 fully saturated rings. The van der Waals surface area contributed by atoms with Crippen LogP contribution in [0.15, 0.2) is 18.2 Å². The van der Waals surface area contributed by atoms with E-state index < -0.39 is 10.9 Å². The molecule has 2 atom stereocenters. The summed E-state index contributed by atoms with van der Waals surface area (Å²) in [5.74, 6) is -1.20. The number of carbonyl (C=O) groups is 1. The summed E-state index contributed by atoms with van der Waals surface area (Å²) in [5.41, 5.74) is 0.297. The third-order valence-corrected chi connectivity index (χ3v) is 3.77.